The molecule has 0 saturated heterocycles. The Balaban J connectivity index is 1.93. The molecular formula is C19H15ClN4O2. The highest BCUT2D eigenvalue weighted by Gasteiger charge is 2.26. The first kappa shape index (κ1) is 16.5. The molecule has 2 heterocycles. The Bertz CT molecular complexity index is 1030. The highest BCUT2D eigenvalue weighted by Crippen LogP contribution is 2.28. The van der Waals surface area contributed by atoms with Crippen LogP contribution in [0.2, 0.25) is 5.02 Å². The molecule has 0 amide bonds. The summed E-state index contributed by atoms with van der Waals surface area (Å²) in [5, 5.41) is 8.77. The molecule has 0 N–H and O–H groups in total. The Labute approximate surface area is 155 Å². The van der Waals surface area contributed by atoms with Gasteiger partial charge in [-0.3, -0.25) is 9.56 Å². The van der Waals surface area contributed by atoms with E-state index in [1.54, 1.807) is 11.5 Å². The maximum atomic E-state index is 12.3. The molecule has 1 aromatic heterocycles. The number of rotatable bonds is 3. The molecule has 3 aromatic rings. The average Bonchev–Trinajstić information content (AvgIpc) is 3.01. The van der Waals surface area contributed by atoms with Crippen LogP contribution in [0.1, 0.15) is 34.5 Å². The quantitative estimate of drug-likeness (QED) is 0.666. The van der Waals surface area contributed by atoms with Gasteiger partial charge in [0, 0.05) is 16.1 Å². The molecule has 130 valence electrons. The number of para-hydroxylation sites is 1. The zero-order chi connectivity index (χ0) is 18.1. The minimum Gasteiger partial charge on any atom is -0.460 e. The molecular weight excluding hydrogens is 352 g/mol. The van der Waals surface area contributed by atoms with Crippen LogP contribution in [-0.4, -0.2) is 33.1 Å². The van der Waals surface area contributed by atoms with Crippen molar-refractivity contribution in [1.29, 1.82) is 0 Å². The monoisotopic (exact) mass is 366 g/mol. The number of hydrogen-bond donors (Lipinski definition) is 0. The fourth-order valence-electron chi connectivity index (χ4n) is 2.99. The molecule has 0 aliphatic carbocycles. The van der Waals surface area contributed by atoms with E-state index in [-0.39, 0.29) is 19.0 Å². The predicted molar refractivity (Wildman–Crippen MR) is 98.1 cm³/mol. The van der Waals surface area contributed by atoms with Gasteiger partial charge in [-0.25, -0.2) is 4.79 Å². The number of halogens is 1. The lowest BCUT2D eigenvalue weighted by atomic mass is 10.0. The minimum absolute atomic E-state index is 0.143. The lowest BCUT2D eigenvalue weighted by Crippen LogP contribution is -2.15. The molecule has 6 nitrogen and oxygen atoms in total. The van der Waals surface area contributed by atoms with Crippen molar-refractivity contribution in [3.05, 3.63) is 76.3 Å². The first-order valence-electron chi connectivity index (χ1n) is 8.21. The normalized spacial score (nSPS) is 12.6. The number of carbonyl (C=O) groups is 1. The van der Waals surface area contributed by atoms with Crippen LogP contribution in [0.3, 0.4) is 0 Å². The molecule has 0 bridgehead atoms. The minimum atomic E-state index is -0.512. The fourth-order valence-corrected chi connectivity index (χ4v) is 3.21. The van der Waals surface area contributed by atoms with Gasteiger partial charge in [0.2, 0.25) is 5.82 Å². The number of aromatic nitrogens is 3. The molecule has 0 fully saturated rings. The number of carbonyl (C=O) groups excluding carboxylic acids is 1. The van der Waals surface area contributed by atoms with Crippen molar-refractivity contribution in [2.24, 2.45) is 4.99 Å². The second-order valence-electron chi connectivity index (χ2n) is 5.66. The number of nitrogens with zero attached hydrogens (tertiary/aromatic N) is 4. The van der Waals surface area contributed by atoms with Crippen LogP contribution in [0.25, 0.3) is 5.69 Å². The fraction of sp³-hybridized carbons (Fsp3) is 0.158. The van der Waals surface area contributed by atoms with Crippen molar-refractivity contribution in [3.8, 4) is 5.69 Å². The van der Waals surface area contributed by atoms with Gasteiger partial charge >= 0.3 is 5.97 Å². The van der Waals surface area contributed by atoms with Gasteiger partial charge in [-0.2, -0.15) is 0 Å². The van der Waals surface area contributed by atoms with Gasteiger partial charge < -0.3 is 4.74 Å². The lowest BCUT2D eigenvalue weighted by molar-refractivity contribution is 0.0509. The summed E-state index contributed by atoms with van der Waals surface area (Å²) in [4.78, 5) is 17.0. The van der Waals surface area contributed by atoms with Gasteiger partial charge in [-0.05, 0) is 19.1 Å². The topological polar surface area (TPSA) is 69.4 Å². The van der Waals surface area contributed by atoms with Crippen molar-refractivity contribution < 1.29 is 9.53 Å². The molecule has 1 aliphatic heterocycles. The third-order valence-electron chi connectivity index (χ3n) is 4.10. The van der Waals surface area contributed by atoms with Crippen molar-refractivity contribution in [2.45, 2.75) is 13.5 Å². The molecule has 0 radical (unpaired) electrons. The first-order valence-corrected chi connectivity index (χ1v) is 8.59. The van der Waals surface area contributed by atoms with Crippen LogP contribution < -0.4 is 0 Å². The standard InChI is InChI=1S/C19H15ClN4O2/c1-2-26-19(25)18-23-22-16-11-21-17(12-7-3-5-9-14(12)20)13-8-4-6-10-15(13)24(16)18/h3-10H,2,11H2,1H3. The zero-order valence-corrected chi connectivity index (χ0v) is 14.8. The first-order chi connectivity index (χ1) is 12.7. The Morgan fingerprint density at radius 2 is 1.85 bits per heavy atom. The van der Waals surface area contributed by atoms with E-state index in [1.165, 1.54) is 0 Å². The number of aliphatic imine (C=N–C) groups is 1. The van der Waals surface area contributed by atoms with E-state index in [1.807, 2.05) is 48.5 Å². The van der Waals surface area contributed by atoms with Crippen LogP contribution in [0.15, 0.2) is 53.5 Å². The van der Waals surface area contributed by atoms with E-state index in [0.717, 1.165) is 22.5 Å². The molecule has 2 aromatic carbocycles. The van der Waals surface area contributed by atoms with E-state index in [4.69, 9.17) is 21.3 Å². The summed E-state index contributed by atoms with van der Waals surface area (Å²) in [7, 11) is 0. The number of hydrogen-bond acceptors (Lipinski definition) is 5. The number of esters is 1. The largest absolute Gasteiger partial charge is 0.460 e. The van der Waals surface area contributed by atoms with E-state index >= 15 is 0 Å². The summed E-state index contributed by atoms with van der Waals surface area (Å²) >= 11 is 6.40. The van der Waals surface area contributed by atoms with Gasteiger partial charge in [0.1, 0.15) is 6.54 Å². The van der Waals surface area contributed by atoms with E-state index in [2.05, 4.69) is 10.2 Å². The smallest absolute Gasteiger partial charge is 0.376 e. The highest BCUT2D eigenvalue weighted by molar-refractivity contribution is 6.35. The van der Waals surface area contributed by atoms with E-state index in [9.17, 15) is 4.79 Å². The summed E-state index contributed by atoms with van der Waals surface area (Å²) in [6, 6.07) is 15.2. The summed E-state index contributed by atoms with van der Waals surface area (Å²) in [6.45, 7) is 2.30. The summed E-state index contributed by atoms with van der Waals surface area (Å²) in [5.74, 6) is 0.203. The number of fused-ring (bicyclic) bond motifs is 3. The van der Waals surface area contributed by atoms with Gasteiger partial charge in [0.15, 0.2) is 5.82 Å². The van der Waals surface area contributed by atoms with E-state index in [0.29, 0.717) is 10.8 Å². The molecule has 0 atom stereocenters. The zero-order valence-electron chi connectivity index (χ0n) is 14.0. The van der Waals surface area contributed by atoms with Crippen LogP contribution in [0, 0.1) is 0 Å². The number of benzene rings is 2. The van der Waals surface area contributed by atoms with Crippen LogP contribution >= 0.6 is 11.6 Å². The highest BCUT2D eigenvalue weighted by atomic mass is 35.5. The number of ether oxygens (including phenoxy) is 1. The summed E-state index contributed by atoms with van der Waals surface area (Å²) in [5.41, 5.74) is 3.21. The Hall–Kier alpha value is -2.99. The summed E-state index contributed by atoms with van der Waals surface area (Å²) < 4.78 is 6.83. The van der Waals surface area contributed by atoms with Crippen LogP contribution in [0.5, 0.6) is 0 Å². The second kappa shape index (κ2) is 6.72. The van der Waals surface area contributed by atoms with Gasteiger partial charge in [-0.15, -0.1) is 10.2 Å². The molecule has 4 rings (SSSR count). The molecule has 0 spiro atoms. The average molecular weight is 367 g/mol. The van der Waals surface area contributed by atoms with Crippen molar-refractivity contribution in [3.63, 3.8) is 0 Å². The van der Waals surface area contributed by atoms with Gasteiger partial charge in [-0.1, -0.05) is 48.0 Å². The van der Waals surface area contributed by atoms with Crippen LogP contribution in [-0.2, 0) is 11.3 Å². The molecule has 1 aliphatic rings. The van der Waals surface area contributed by atoms with E-state index < -0.39 is 5.97 Å². The Kier molecular flexibility index (Phi) is 4.26. The van der Waals surface area contributed by atoms with Crippen molar-refractivity contribution in [2.75, 3.05) is 6.61 Å². The maximum absolute atomic E-state index is 12.3. The molecule has 26 heavy (non-hydrogen) atoms. The lowest BCUT2D eigenvalue weighted by Gasteiger charge is -2.13. The third-order valence-corrected chi connectivity index (χ3v) is 4.43. The molecule has 7 heteroatoms. The maximum Gasteiger partial charge on any atom is 0.376 e. The SMILES string of the molecule is CCOC(=O)c1nnc2n1-c1ccccc1C(c1ccccc1Cl)=NC2. The molecule has 0 unspecified atom stereocenters. The Morgan fingerprint density at radius 3 is 2.62 bits per heavy atom. The van der Waals surface area contributed by atoms with Crippen molar-refractivity contribution in [1.82, 2.24) is 14.8 Å². The van der Waals surface area contributed by atoms with Crippen molar-refractivity contribution >= 4 is 23.3 Å². The van der Waals surface area contributed by atoms with Gasteiger partial charge in [0.25, 0.3) is 0 Å². The van der Waals surface area contributed by atoms with Crippen LogP contribution in [0.4, 0.5) is 0 Å². The predicted octanol–water partition coefficient (Wildman–Crippen LogP) is 3.45. The Morgan fingerprint density at radius 1 is 1.12 bits per heavy atom. The second-order valence-corrected chi connectivity index (χ2v) is 6.06. The summed E-state index contributed by atoms with van der Waals surface area (Å²) in [6.07, 6.45) is 0. The third kappa shape index (κ3) is 2.68. The van der Waals surface area contributed by atoms with Gasteiger partial charge in [0.05, 0.1) is 18.0 Å². The molecule has 0 saturated carbocycles.